The highest BCUT2D eigenvalue weighted by Gasteiger charge is 2.20. The van der Waals surface area contributed by atoms with Crippen LogP contribution in [0.15, 0.2) is 46.9 Å². The number of carbonyl (C=O) groups excluding carboxylic acids is 2. The summed E-state index contributed by atoms with van der Waals surface area (Å²) in [6, 6.07) is 13.3. The van der Waals surface area contributed by atoms with Crippen molar-refractivity contribution in [3.05, 3.63) is 70.5 Å². The molecule has 0 bridgehead atoms. The standard InChI is InChI=1S/C22H23NO4/c1-13-9-10-17(11-14(13)2)16(4)23-20(24)12-26-22(25)21-15(3)18-7-5-6-8-19(18)27-21/h5-11,16H,12H2,1-4H3,(H,23,24)/t16-/m0/s1. The second-order valence-electron chi connectivity index (χ2n) is 6.76. The minimum Gasteiger partial charge on any atom is -0.450 e. The molecule has 1 N–H and O–H groups in total. The molecule has 0 radical (unpaired) electrons. The lowest BCUT2D eigenvalue weighted by atomic mass is 10.0. The molecule has 3 rings (SSSR count). The Balaban J connectivity index is 1.60. The zero-order chi connectivity index (χ0) is 19.6. The fourth-order valence-corrected chi connectivity index (χ4v) is 2.97. The van der Waals surface area contributed by atoms with Gasteiger partial charge in [-0.2, -0.15) is 0 Å². The van der Waals surface area contributed by atoms with Crippen molar-refractivity contribution in [1.82, 2.24) is 5.32 Å². The summed E-state index contributed by atoms with van der Waals surface area (Å²) in [7, 11) is 0. The zero-order valence-electron chi connectivity index (χ0n) is 16.0. The maximum absolute atomic E-state index is 12.3. The first-order chi connectivity index (χ1) is 12.9. The second kappa shape index (κ2) is 7.66. The highest BCUT2D eigenvalue weighted by atomic mass is 16.5. The maximum atomic E-state index is 12.3. The van der Waals surface area contributed by atoms with E-state index in [2.05, 4.69) is 5.32 Å². The lowest BCUT2D eigenvalue weighted by molar-refractivity contribution is -0.124. The summed E-state index contributed by atoms with van der Waals surface area (Å²) < 4.78 is 10.7. The van der Waals surface area contributed by atoms with Gasteiger partial charge in [0.25, 0.3) is 5.91 Å². The number of hydrogen-bond acceptors (Lipinski definition) is 4. The molecule has 27 heavy (non-hydrogen) atoms. The van der Waals surface area contributed by atoms with Gasteiger partial charge >= 0.3 is 5.97 Å². The number of para-hydroxylation sites is 1. The monoisotopic (exact) mass is 365 g/mol. The van der Waals surface area contributed by atoms with Crippen molar-refractivity contribution in [2.45, 2.75) is 33.7 Å². The van der Waals surface area contributed by atoms with Crippen LogP contribution in [0.3, 0.4) is 0 Å². The van der Waals surface area contributed by atoms with Crippen molar-refractivity contribution >= 4 is 22.8 Å². The average Bonchev–Trinajstić information content (AvgIpc) is 2.99. The van der Waals surface area contributed by atoms with Crippen molar-refractivity contribution in [1.29, 1.82) is 0 Å². The Bertz CT molecular complexity index is 1000. The van der Waals surface area contributed by atoms with Crippen LogP contribution >= 0.6 is 0 Å². The van der Waals surface area contributed by atoms with E-state index >= 15 is 0 Å². The fourth-order valence-electron chi connectivity index (χ4n) is 2.97. The van der Waals surface area contributed by atoms with Crippen LogP contribution in [-0.4, -0.2) is 18.5 Å². The van der Waals surface area contributed by atoms with Crippen LogP contribution in [-0.2, 0) is 9.53 Å². The van der Waals surface area contributed by atoms with Crippen LogP contribution in [0.2, 0.25) is 0 Å². The highest BCUT2D eigenvalue weighted by molar-refractivity contribution is 5.96. The van der Waals surface area contributed by atoms with Gasteiger partial charge in [-0.15, -0.1) is 0 Å². The Kier molecular flexibility index (Phi) is 5.31. The van der Waals surface area contributed by atoms with Crippen molar-refractivity contribution < 1.29 is 18.7 Å². The van der Waals surface area contributed by atoms with Crippen LogP contribution in [0, 0.1) is 20.8 Å². The molecule has 0 saturated heterocycles. The van der Waals surface area contributed by atoms with Gasteiger partial charge in [-0.25, -0.2) is 4.79 Å². The average molecular weight is 365 g/mol. The number of nitrogens with one attached hydrogen (secondary N) is 1. The van der Waals surface area contributed by atoms with Crippen LogP contribution in [0.4, 0.5) is 0 Å². The Morgan fingerprint density at radius 2 is 1.81 bits per heavy atom. The van der Waals surface area contributed by atoms with E-state index in [9.17, 15) is 9.59 Å². The molecular formula is C22H23NO4. The van der Waals surface area contributed by atoms with Gasteiger partial charge in [-0.3, -0.25) is 4.79 Å². The van der Waals surface area contributed by atoms with Crippen molar-refractivity contribution in [2.24, 2.45) is 0 Å². The molecule has 1 heterocycles. The quantitative estimate of drug-likeness (QED) is 0.681. The number of hydrogen-bond donors (Lipinski definition) is 1. The van der Waals surface area contributed by atoms with Gasteiger partial charge < -0.3 is 14.5 Å². The van der Waals surface area contributed by atoms with Gasteiger partial charge in [0.1, 0.15) is 5.58 Å². The Morgan fingerprint density at radius 3 is 2.52 bits per heavy atom. The van der Waals surface area contributed by atoms with Gasteiger partial charge in [0.15, 0.2) is 6.61 Å². The largest absolute Gasteiger partial charge is 0.450 e. The molecule has 3 aromatic rings. The number of amides is 1. The van der Waals surface area contributed by atoms with E-state index in [1.807, 2.05) is 57.2 Å². The van der Waals surface area contributed by atoms with E-state index in [1.165, 1.54) is 11.1 Å². The number of carbonyl (C=O) groups is 2. The van der Waals surface area contributed by atoms with Crippen LogP contribution in [0.25, 0.3) is 11.0 Å². The van der Waals surface area contributed by atoms with Gasteiger partial charge in [0, 0.05) is 10.9 Å². The van der Waals surface area contributed by atoms with Crippen LogP contribution in [0.5, 0.6) is 0 Å². The number of furan rings is 1. The zero-order valence-corrected chi connectivity index (χ0v) is 16.0. The molecule has 0 fully saturated rings. The van der Waals surface area contributed by atoms with Gasteiger partial charge in [0.05, 0.1) is 6.04 Å². The summed E-state index contributed by atoms with van der Waals surface area (Å²) in [4.78, 5) is 24.4. The van der Waals surface area contributed by atoms with Crippen LogP contribution in [0.1, 0.15) is 45.8 Å². The molecule has 5 nitrogen and oxygen atoms in total. The summed E-state index contributed by atoms with van der Waals surface area (Å²) in [6.45, 7) is 7.41. The smallest absolute Gasteiger partial charge is 0.375 e. The summed E-state index contributed by atoms with van der Waals surface area (Å²) in [5.41, 5.74) is 4.70. The molecule has 0 aliphatic rings. The van der Waals surface area contributed by atoms with Gasteiger partial charge in [0.2, 0.25) is 5.76 Å². The molecule has 1 atom stereocenters. The predicted octanol–water partition coefficient (Wildman–Crippen LogP) is 4.39. The lowest BCUT2D eigenvalue weighted by Gasteiger charge is -2.15. The Morgan fingerprint density at radius 1 is 1.07 bits per heavy atom. The van der Waals surface area contributed by atoms with E-state index in [1.54, 1.807) is 13.0 Å². The molecule has 5 heteroatoms. The number of rotatable bonds is 5. The normalized spacial score (nSPS) is 12.0. The molecule has 140 valence electrons. The van der Waals surface area contributed by atoms with Crippen molar-refractivity contribution in [3.63, 3.8) is 0 Å². The minimum absolute atomic E-state index is 0.131. The molecule has 0 saturated carbocycles. The Labute approximate surface area is 158 Å². The first kappa shape index (κ1) is 18.7. The van der Waals surface area contributed by atoms with Crippen LogP contribution < -0.4 is 5.32 Å². The summed E-state index contributed by atoms with van der Waals surface area (Å²) in [5.74, 6) is -0.869. The topological polar surface area (TPSA) is 68.5 Å². The van der Waals surface area contributed by atoms with E-state index in [-0.39, 0.29) is 24.3 Å². The first-order valence-corrected chi connectivity index (χ1v) is 8.88. The number of esters is 1. The lowest BCUT2D eigenvalue weighted by Crippen LogP contribution is -2.31. The number of fused-ring (bicyclic) bond motifs is 1. The SMILES string of the molecule is Cc1ccc([C@H](C)NC(=O)COC(=O)c2oc3ccccc3c2C)cc1C. The van der Waals surface area contributed by atoms with Crippen molar-refractivity contribution in [2.75, 3.05) is 6.61 Å². The highest BCUT2D eigenvalue weighted by Crippen LogP contribution is 2.25. The molecule has 1 amide bonds. The summed E-state index contributed by atoms with van der Waals surface area (Å²) in [5, 5.41) is 3.70. The molecule has 0 unspecified atom stereocenters. The second-order valence-corrected chi connectivity index (χ2v) is 6.76. The third-order valence-corrected chi connectivity index (χ3v) is 4.77. The van der Waals surface area contributed by atoms with E-state index in [4.69, 9.17) is 9.15 Å². The van der Waals surface area contributed by atoms with E-state index < -0.39 is 5.97 Å². The van der Waals surface area contributed by atoms with Gasteiger partial charge in [-0.05, 0) is 50.5 Å². The first-order valence-electron chi connectivity index (χ1n) is 8.88. The van der Waals surface area contributed by atoms with Crippen molar-refractivity contribution in [3.8, 4) is 0 Å². The maximum Gasteiger partial charge on any atom is 0.375 e. The summed E-state index contributed by atoms with van der Waals surface area (Å²) >= 11 is 0. The molecule has 0 aliphatic heterocycles. The summed E-state index contributed by atoms with van der Waals surface area (Å²) in [6.07, 6.45) is 0. The predicted molar refractivity (Wildman–Crippen MR) is 104 cm³/mol. The number of ether oxygens (including phenoxy) is 1. The third kappa shape index (κ3) is 4.03. The molecule has 1 aromatic heterocycles. The fraction of sp³-hybridized carbons (Fsp3) is 0.273. The number of benzene rings is 2. The molecule has 0 spiro atoms. The van der Waals surface area contributed by atoms with Gasteiger partial charge in [-0.1, -0.05) is 36.4 Å². The number of aryl methyl sites for hydroxylation is 3. The Hall–Kier alpha value is -3.08. The van der Waals surface area contributed by atoms with E-state index in [0.717, 1.165) is 10.9 Å². The molecular weight excluding hydrogens is 342 g/mol. The minimum atomic E-state index is -0.641. The molecule has 0 aliphatic carbocycles. The molecule has 2 aromatic carbocycles. The third-order valence-electron chi connectivity index (χ3n) is 4.77. The van der Waals surface area contributed by atoms with E-state index in [0.29, 0.717) is 11.1 Å².